The Balaban J connectivity index is 2.34. The minimum atomic E-state index is 0.00644. The molecular weight excluding hydrogens is 332 g/mol. The van der Waals surface area contributed by atoms with Gasteiger partial charge in [0.1, 0.15) is 11.5 Å². The zero-order chi connectivity index (χ0) is 15.4. The van der Waals surface area contributed by atoms with Crippen LogP contribution in [0.5, 0.6) is 11.5 Å². The third-order valence-electron chi connectivity index (χ3n) is 3.25. The summed E-state index contributed by atoms with van der Waals surface area (Å²) in [5, 5.41) is 0. The molecule has 0 N–H and O–H groups in total. The fraction of sp³-hybridized carbons (Fsp3) is 0.235. The van der Waals surface area contributed by atoms with Crippen molar-refractivity contribution in [3.05, 3.63) is 57.6 Å². The summed E-state index contributed by atoms with van der Waals surface area (Å²) in [6.07, 6.45) is 0.266. The van der Waals surface area contributed by atoms with Gasteiger partial charge in [0.25, 0.3) is 0 Å². The number of Topliss-reactive ketones (excluding diaryl/α,β-unsaturated/α-hetero) is 1. The predicted octanol–water partition coefficient (Wildman–Crippen LogP) is 4.20. The van der Waals surface area contributed by atoms with Gasteiger partial charge in [-0.3, -0.25) is 4.79 Å². The molecule has 21 heavy (non-hydrogen) atoms. The van der Waals surface area contributed by atoms with Crippen LogP contribution in [0.3, 0.4) is 0 Å². The Bertz CT molecular complexity index is 665. The number of aryl methyl sites for hydroxylation is 1. The molecule has 2 rings (SSSR count). The second kappa shape index (κ2) is 6.76. The number of methoxy groups -OCH3 is 2. The zero-order valence-corrected chi connectivity index (χ0v) is 13.9. The summed E-state index contributed by atoms with van der Waals surface area (Å²) in [6, 6.07) is 11.2. The van der Waals surface area contributed by atoms with Crippen molar-refractivity contribution < 1.29 is 14.3 Å². The van der Waals surface area contributed by atoms with Crippen LogP contribution in [0.25, 0.3) is 0 Å². The standard InChI is InChI=1S/C17H17BrO3/c1-11-4-6-17(21-3)14(8-11)15(19)10-12-9-13(18)5-7-16(12)20-2/h4-9H,10H2,1-3H3. The van der Waals surface area contributed by atoms with Crippen molar-refractivity contribution in [3.63, 3.8) is 0 Å². The molecular formula is C17H17BrO3. The molecule has 0 fully saturated rings. The van der Waals surface area contributed by atoms with Gasteiger partial charge in [0.15, 0.2) is 5.78 Å². The molecule has 0 unspecified atom stereocenters. The average Bonchev–Trinajstić information content (AvgIpc) is 2.47. The Labute approximate surface area is 133 Å². The van der Waals surface area contributed by atoms with Gasteiger partial charge in [-0.25, -0.2) is 0 Å². The van der Waals surface area contributed by atoms with Crippen molar-refractivity contribution in [1.82, 2.24) is 0 Å². The fourth-order valence-electron chi connectivity index (χ4n) is 2.19. The van der Waals surface area contributed by atoms with E-state index in [0.717, 1.165) is 15.6 Å². The van der Waals surface area contributed by atoms with Gasteiger partial charge in [-0.2, -0.15) is 0 Å². The van der Waals surface area contributed by atoms with Gasteiger partial charge in [0.2, 0.25) is 0 Å². The van der Waals surface area contributed by atoms with E-state index in [0.29, 0.717) is 17.1 Å². The largest absolute Gasteiger partial charge is 0.496 e. The summed E-state index contributed by atoms with van der Waals surface area (Å²) < 4.78 is 11.5. The summed E-state index contributed by atoms with van der Waals surface area (Å²) in [5.41, 5.74) is 2.47. The van der Waals surface area contributed by atoms with Crippen molar-refractivity contribution in [2.45, 2.75) is 13.3 Å². The number of hydrogen-bond donors (Lipinski definition) is 0. The molecule has 0 radical (unpaired) electrons. The van der Waals surface area contributed by atoms with Crippen LogP contribution in [0, 0.1) is 6.92 Å². The number of rotatable bonds is 5. The van der Waals surface area contributed by atoms with Gasteiger partial charge in [-0.15, -0.1) is 0 Å². The quantitative estimate of drug-likeness (QED) is 0.759. The van der Waals surface area contributed by atoms with E-state index < -0.39 is 0 Å². The van der Waals surface area contributed by atoms with Crippen molar-refractivity contribution in [2.75, 3.05) is 14.2 Å². The second-order valence-electron chi connectivity index (χ2n) is 4.76. The lowest BCUT2D eigenvalue weighted by Crippen LogP contribution is -2.07. The fourth-order valence-corrected chi connectivity index (χ4v) is 2.60. The minimum absolute atomic E-state index is 0.00644. The molecule has 0 bridgehead atoms. The van der Waals surface area contributed by atoms with E-state index in [1.165, 1.54) is 0 Å². The zero-order valence-electron chi connectivity index (χ0n) is 12.3. The van der Waals surface area contributed by atoms with E-state index in [1.807, 2.05) is 43.3 Å². The molecule has 0 amide bonds. The molecule has 3 nitrogen and oxygen atoms in total. The van der Waals surface area contributed by atoms with Gasteiger partial charge in [-0.1, -0.05) is 27.6 Å². The van der Waals surface area contributed by atoms with E-state index in [1.54, 1.807) is 14.2 Å². The summed E-state index contributed by atoms with van der Waals surface area (Å²) in [7, 11) is 3.17. The Morgan fingerprint density at radius 2 is 1.71 bits per heavy atom. The lowest BCUT2D eigenvalue weighted by atomic mass is 10.00. The summed E-state index contributed by atoms with van der Waals surface area (Å²) in [4.78, 5) is 12.6. The SMILES string of the molecule is COc1ccc(Br)cc1CC(=O)c1cc(C)ccc1OC. The van der Waals surface area contributed by atoms with Crippen LogP contribution in [0.1, 0.15) is 21.5 Å². The molecule has 0 aliphatic carbocycles. The number of ketones is 1. The van der Waals surface area contributed by atoms with Crippen molar-refractivity contribution in [2.24, 2.45) is 0 Å². The summed E-state index contributed by atoms with van der Waals surface area (Å²) >= 11 is 3.42. The Morgan fingerprint density at radius 1 is 1.05 bits per heavy atom. The van der Waals surface area contributed by atoms with Gasteiger partial charge >= 0.3 is 0 Å². The number of carbonyl (C=O) groups is 1. The number of halogens is 1. The lowest BCUT2D eigenvalue weighted by Gasteiger charge is -2.11. The molecule has 0 aliphatic heterocycles. The van der Waals surface area contributed by atoms with Gasteiger partial charge in [-0.05, 0) is 37.3 Å². The molecule has 0 saturated carbocycles. The first-order chi connectivity index (χ1) is 10.0. The molecule has 2 aromatic carbocycles. The lowest BCUT2D eigenvalue weighted by molar-refractivity contribution is 0.0989. The van der Waals surface area contributed by atoms with Crippen molar-refractivity contribution in [3.8, 4) is 11.5 Å². The number of ether oxygens (including phenoxy) is 2. The molecule has 0 saturated heterocycles. The van der Waals surface area contributed by atoms with Crippen LogP contribution < -0.4 is 9.47 Å². The van der Waals surface area contributed by atoms with E-state index in [4.69, 9.17) is 9.47 Å². The molecule has 2 aromatic rings. The van der Waals surface area contributed by atoms with E-state index in [-0.39, 0.29) is 12.2 Å². The molecule has 0 atom stereocenters. The first-order valence-corrected chi connectivity index (χ1v) is 7.34. The van der Waals surface area contributed by atoms with Gasteiger partial charge in [0.05, 0.1) is 19.8 Å². The van der Waals surface area contributed by atoms with Gasteiger partial charge in [0, 0.05) is 16.5 Å². The maximum Gasteiger partial charge on any atom is 0.171 e. The maximum absolute atomic E-state index is 12.6. The Morgan fingerprint density at radius 3 is 2.38 bits per heavy atom. The monoisotopic (exact) mass is 348 g/mol. The maximum atomic E-state index is 12.6. The number of hydrogen-bond acceptors (Lipinski definition) is 3. The van der Waals surface area contributed by atoms with Crippen LogP contribution in [0.15, 0.2) is 40.9 Å². The van der Waals surface area contributed by atoms with Crippen LogP contribution in [-0.4, -0.2) is 20.0 Å². The molecule has 4 heteroatoms. The Kier molecular flexibility index (Phi) is 5.02. The average molecular weight is 349 g/mol. The first kappa shape index (κ1) is 15.6. The summed E-state index contributed by atoms with van der Waals surface area (Å²) in [5.74, 6) is 1.31. The van der Waals surface area contributed by atoms with E-state index in [2.05, 4.69) is 15.9 Å². The summed E-state index contributed by atoms with van der Waals surface area (Å²) in [6.45, 7) is 1.95. The predicted molar refractivity (Wildman–Crippen MR) is 86.5 cm³/mol. The molecule has 0 spiro atoms. The van der Waals surface area contributed by atoms with Crippen LogP contribution >= 0.6 is 15.9 Å². The second-order valence-corrected chi connectivity index (χ2v) is 5.68. The van der Waals surface area contributed by atoms with E-state index >= 15 is 0 Å². The van der Waals surface area contributed by atoms with Crippen molar-refractivity contribution in [1.29, 1.82) is 0 Å². The highest BCUT2D eigenvalue weighted by molar-refractivity contribution is 9.10. The highest BCUT2D eigenvalue weighted by Crippen LogP contribution is 2.27. The molecule has 0 heterocycles. The highest BCUT2D eigenvalue weighted by Gasteiger charge is 2.15. The van der Waals surface area contributed by atoms with Crippen molar-refractivity contribution >= 4 is 21.7 Å². The molecule has 0 aromatic heterocycles. The molecule has 110 valence electrons. The first-order valence-electron chi connectivity index (χ1n) is 6.55. The highest BCUT2D eigenvalue weighted by atomic mass is 79.9. The molecule has 0 aliphatic rings. The third-order valence-corrected chi connectivity index (χ3v) is 3.74. The smallest absolute Gasteiger partial charge is 0.171 e. The number of carbonyl (C=O) groups excluding carboxylic acids is 1. The topological polar surface area (TPSA) is 35.5 Å². The normalized spacial score (nSPS) is 10.3. The van der Waals surface area contributed by atoms with Crippen LogP contribution in [-0.2, 0) is 6.42 Å². The number of benzene rings is 2. The minimum Gasteiger partial charge on any atom is -0.496 e. The third kappa shape index (κ3) is 3.64. The van der Waals surface area contributed by atoms with Gasteiger partial charge < -0.3 is 9.47 Å². The van der Waals surface area contributed by atoms with Crippen LogP contribution in [0.2, 0.25) is 0 Å². The van der Waals surface area contributed by atoms with Crippen LogP contribution in [0.4, 0.5) is 0 Å². The Hall–Kier alpha value is -1.81. The van der Waals surface area contributed by atoms with E-state index in [9.17, 15) is 4.79 Å².